The highest BCUT2D eigenvalue weighted by atomic mass is 15.1. The van der Waals surface area contributed by atoms with Gasteiger partial charge in [0.15, 0.2) is 17.3 Å². The van der Waals surface area contributed by atoms with Crippen molar-refractivity contribution in [2.75, 3.05) is 0 Å². The number of hydrogen-bond acceptors (Lipinski definition) is 4. The summed E-state index contributed by atoms with van der Waals surface area (Å²) in [4.78, 5) is 19.5. The number of benzene rings is 6. The molecule has 0 spiro atoms. The van der Waals surface area contributed by atoms with E-state index in [-0.39, 0.29) is 0 Å². The fraction of sp³-hybridized carbons (Fsp3) is 0. The van der Waals surface area contributed by atoms with Crippen molar-refractivity contribution in [2.24, 2.45) is 0 Å². The van der Waals surface area contributed by atoms with E-state index in [9.17, 15) is 5.26 Å². The predicted octanol–water partition coefficient (Wildman–Crippen LogP) is 10.6. The molecule has 53 heavy (non-hydrogen) atoms. The van der Waals surface area contributed by atoms with Gasteiger partial charge in [-0.3, -0.25) is 9.13 Å². The van der Waals surface area contributed by atoms with Gasteiger partial charge in [0.1, 0.15) is 11.4 Å². The van der Waals surface area contributed by atoms with Gasteiger partial charge in [-0.15, -0.1) is 0 Å². The van der Waals surface area contributed by atoms with E-state index in [4.69, 9.17) is 21.5 Å². The van der Waals surface area contributed by atoms with Crippen molar-refractivity contribution < 1.29 is 0 Å². The van der Waals surface area contributed by atoms with Crippen LogP contribution in [0.1, 0.15) is 5.56 Å². The molecule has 0 fully saturated rings. The third-order valence-corrected chi connectivity index (χ3v) is 9.68. The maximum absolute atomic E-state index is 9.83. The lowest BCUT2D eigenvalue weighted by Gasteiger charge is -2.15. The molecule has 8 nitrogen and oxygen atoms in total. The third-order valence-electron chi connectivity index (χ3n) is 9.68. The smallest absolute Gasteiger partial charge is 0.189 e. The van der Waals surface area contributed by atoms with Gasteiger partial charge >= 0.3 is 0 Å². The van der Waals surface area contributed by atoms with E-state index in [1.165, 1.54) is 0 Å². The number of para-hydroxylation sites is 6. The summed E-state index contributed by atoms with van der Waals surface area (Å²) in [5.41, 5.74) is 10.4. The highest BCUT2D eigenvalue weighted by Gasteiger charge is 2.23. The number of fused-ring (bicyclic) bond motifs is 5. The van der Waals surface area contributed by atoms with Gasteiger partial charge in [-0.1, -0.05) is 78.9 Å². The molecule has 0 saturated carbocycles. The van der Waals surface area contributed by atoms with Gasteiger partial charge < -0.3 is 4.57 Å². The summed E-state index contributed by atoms with van der Waals surface area (Å²) in [6.45, 7) is 7.73. The van der Waals surface area contributed by atoms with Crippen LogP contribution in [0, 0.1) is 17.9 Å². The number of imidazole rings is 2. The Hall–Kier alpha value is -7.81. The molecule has 246 valence electrons. The fourth-order valence-corrected chi connectivity index (χ4v) is 7.41. The summed E-state index contributed by atoms with van der Waals surface area (Å²) in [6, 6.07) is 54.4. The Morgan fingerprint density at radius 2 is 0.981 bits per heavy atom. The second-order valence-corrected chi connectivity index (χ2v) is 12.8. The Labute approximate surface area is 303 Å². The Morgan fingerprint density at radius 3 is 1.55 bits per heavy atom. The topological polar surface area (TPSA) is 81.6 Å². The second kappa shape index (κ2) is 11.9. The minimum atomic E-state index is 0.534. The first-order valence-electron chi connectivity index (χ1n) is 17.1. The van der Waals surface area contributed by atoms with Crippen molar-refractivity contribution in [3.8, 4) is 46.2 Å². The summed E-state index contributed by atoms with van der Waals surface area (Å²) in [7, 11) is 0. The maximum atomic E-state index is 9.83. The molecule has 4 aromatic heterocycles. The predicted molar refractivity (Wildman–Crippen MR) is 210 cm³/mol. The third kappa shape index (κ3) is 4.79. The summed E-state index contributed by atoms with van der Waals surface area (Å²) >= 11 is 0. The molecule has 10 aromatic rings. The first-order chi connectivity index (χ1) is 26.2. The Bertz CT molecular complexity index is 2960. The standard InChI is InChI=1S/C45H26N8/c1-47-30-13-11-15-32(25-30)53-43-23-9-5-19-37(43)50-45(53)39-27-33(51-40-20-6-2-16-34(40)35-17-3-7-21-41(35)51)26-38(48-39)44-49-36-18-4-8-22-42(36)52(44)31-14-10-12-29(24-31)28-46/h2-27H. The van der Waals surface area contributed by atoms with E-state index in [1.54, 1.807) is 12.1 Å². The molecule has 0 aliphatic carbocycles. The van der Waals surface area contributed by atoms with Crippen LogP contribution in [0.2, 0.25) is 0 Å². The summed E-state index contributed by atoms with van der Waals surface area (Å²) < 4.78 is 6.42. The number of aromatic nitrogens is 6. The van der Waals surface area contributed by atoms with Crippen molar-refractivity contribution in [1.82, 2.24) is 28.7 Å². The molecular weight excluding hydrogens is 653 g/mol. The van der Waals surface area contributed by atoms with Crippen LogP contribution < -0.4 is 0 Å². The van der Waals surface area contributed by atoms with Crippen LogP contribution in [-0.4, -0.2) is 28.7 Å². The number of nitriles is 1. The molecule has 0 N–H and O–H groups in total. The zero-order valence-electron chi connectivity index (χ0n) is 28.1. The largest absolute Gasteiger partial charge is 0.309 e. The molecule has 0 bridgehead atoms. The first kappa shape index (κ1) is 30.1. The molecule has 0 atom stereocenters. The van der Waals surface area contributed by atoms with Gasteiger partial charge in [0.25, 0.3) is 0 Å². The lowest BCUT2D eigenvalue weighted by Crippen LogP contribution is -2.05. The molecule has 0 aliphatic heterocycles. The zero-order chi connectivity index (χ0) is 35.5. The molecule has 0 radical (unpaired) electrons. The van der Waals surface area contributed by atoms with E-state index in [0.717, 1.165) is 60.9 Å². The van der Waals surface area contributed by atoms with Crippen molar-refractivity contribution in [3.05, 3.63) is 175 Å². The number of hydrogen-bond donors (Lipinski definition) is 0. The quantitative estimate of drug-likeness (QED) is 0.170. The van der Waals surface area contributed by atoms with Crippen LogP contribution in [0.25, 0.3) is 88.8 Å². The average Bonchev–Trinajstić information content (AvgIpc) is 3.91. The van der Waals surface area contributed by atoms with Crippen molar-refractivity contribution >= 4 is 49.6 Å². The van der Waals surface area contributed by atoms with Crippen LogP contribution in [0.3, 0.4) is 0 Å². The normalized spacial score (nSPS) is 11.4. The molecule has 10 rings (SSSR count). The van der Waals surface area contributed by atoms with Gasteiger partial charge in [0.2, 0.25) is 0 Å². The molecule has 0 unspecified atom stereocenters. The maximum Gasteiger partial charge on any atom is 0.189 e. The molecule has 4 heterocycles. The number of pyridine rings is 1. The molecule has 8 heteroatoms. The lowest BCUT2D eigenvalue weighted by molar-refractivity contribution is 1.05. The van der Waals surface area contributed by atoms with Gasteiger partial charge in [-0.05, 0) is 78.9 Å². The molecular formula is C45H26N8. The van der Waals surface area contributed by atoms with Crippen molar-refractivity contribution in [3.63, 3.8) is 0 Å². The monoisotopic (exact) mass is 678 g/mol. The minimum absolute atomic E-state index is 0.534. The van der Waals surface area contributed by atoms with E-state index in [0.29, 0.717) is 34.3 Å². The fourth-order valence-electron chi connectivity index (χ4n) is 7.41. The average molecular weight is 679 g/mol. The van der Waals surface area contributed by atoms with Gasteiger partial charge in [0, 0.05) is 22.1 Å². The zero-order valence-corrected chi connectivity index (χ0v) is 28.1. The Balaban J connectivity index is 1.33. The van der Waals surface area contributed by atoms with Crippen molar-refractivity contribution in [2.45, 2.75) is 0 Å². The van der Waals surface area contributed by atoms with E-state index in [1.807, 2.05) is 84.9 Å². The van der Waals surface area contributed by atoms with Gasteiger partial charge in [-0.25, -0.2) is 19.8 Å². The highest BCUT2D eigenvalue weighted by molar-refractivity contribution is 6.09. The van der Waals surface area contributed by atoms with Crippen LogP contribution in [0.5, 0.6) is 0 Å². The van der Waals surface area contributed by atoms with Crippen LogP contribution in [-0.2, 0) is 0 Å². The first-order valence-corrected chi connectivity index (χ1v) is 17.1. The number of nitrogens with zero attached hydrogens (tertiary/aromatic N) is 8. The minimum Gasteiger partial charge on any atom is -0.309 e. The SMILES string of the molecule is [C-]#[N+]c1cccc(-n2c(-c3cc(-n4c5ccccc5c5ccccc54)cc(-c4nc5ccccc5n4-c4cccc(C#N)c4)n3)nc3ccccc32)c1. The van der Waals surface area contributed by atoms with Gasteiger partial charge in [0.05, 0.1) is 57.0 Å². The highest BCUT2D eigenvalue weighted by Crippen LogP contribution is 2.37. The Morgan fingerprint density at radius 1 is 0.472 bits per heavy atom. The molecule has 0 amide bonds. The van der Waals surface area contributed by atoms with E-state index in [2.05, 4.69) is 85.3 Å². The number of rotatable bonds is 5. The van der Waals surface area contributed by atoms with Crippen LogP contribution >= 0.6 is 0 Å². The van der Waals surface area contributed by atoms with Crippen molar-refractivity contribution in [1.29, 1.82) is 5.26 Å². The summed E-state index contributed by atoms with van der Waals surface area (Å²) in [5, 5.41) is 12.1. The van der Waals surface area contributed by atoms with E-state index < -0.39 is 0 Å². The van der Waals surface area contributed by atoms with Crippen LogP contribution in [0.4, 0.5) is 5.69 Å². The lowest BCUT2D eigenvalue weighted by atomic mass is 10.2. The van der Waals surface area contributed by atoms with E-state index >= 15 is 0 Å². The molecule has 0 aliphatic rings. The summed E-state index contributed by atoms with van der Waals surface area (Å²) in [6.07, 6.45) is 0. The molecule has 0 saturated heterocycles. The molecule has 6 aromatic carbocycles. The second-order valence-electron chi connectivity index (χ2n) is 12.8. The Kier molecular flexibility index (Phi) is 6.75. The summed E-state index contributed by atoms with van der Waals surface area (Å²) in [5.74, 6) is 1.26. The van der Waals surface area contributed by atoms with Crippen LogP contribution in [0.15, 0.2) is 158 Å². The van der Waals surface area contributed by atoms with Gasteiger partial charge in [-0.2, -0.15) is 5.26 Å².